The van der Waals surface area contributed by atoms with Gasteiger partial charge in [0.1, 0.15) is 0 Å². The second kappa shape index (κ2) is 8.27. The monoisotopic (exact) mass is 385 g/mol. The maximum atomic E-state index is 12.1. The van der Waals surface area contributed by atoms with E-state index in [0.717, 1.165) is 10.2 Å². The van der Waals surface area contributed by atoms with Gasteiger partial charge in [-0.05, 0) is 48.5 Å². The average Bonchev–Trinajstić information content (AvgIpc) is 2.57. The minimum absolute atomic E-state index is 0.122. The van der Waals surface area contributed by atoms with Crippen molar-refractivity contribution in [3.8, 4) is 6.07 Å². The van der Waals surface area contributed by atoms with Crippen LogP contribution in [-0.2, 0) is 9.59 Å². The topological polar surface area (TPSA) is 73.2 Å². The zero-order chi connectivity index (χ0) is 17.5. The van der Waals surface area contributed by atoms with Crippen molar-refractivity contribution in [2.24, 2.45) is 0 Å². The smallest absolute Gasteiger partial charge is 0.226 e. The molecule has 122 valence electrons. The molecule has 2 rings (SSSR count). The van der Waals surface area contributed by atoms with E-state index in [-0.39, 0.29) is 18.2 Å². The molecule has 0 fully saturated rings. The van der Waals surface area contributed by atoms with E-state index in [9.17, 15) is 9.59 Å². The maximum Gasteiger partial charge on any atom is 0.226 e. The van der Waals surface area contributed by atoms with Crippen LogP contribution >= 0.6 is 15.9 Å². The van der Waals surface area contributed by atoms with Crippen LogP contribution < -0.4 is 10.2 Å². The molecule has 1 N–H and O–H groups in total. The van der Waals surface area contributed by atoms with Crippen LogP contribution in [-0.4, -0.2) is 18.4 Å². The van der Waals surface area contributed by atoms with Crippen LogP contribution in [0.5, 0.6) is 0 Å². The van der Waals surface area contributed by atoms with E-state index >= 15 is 0 Å². The number of rotatable bonds is 5. The van der Waals surface area contributed by atoms with Gasteiger partial charge in [-0.25, -0.2) is 0 Å². The van der Waals surface area contributed by atoms with Crippen LogP contribution in [0.1, 0.15) is 18.9 Å². The molecule has 0 heterocycles. The quantitative estimate of drug-likeness (QED) is 0.852. The molecule has 24 heavy (non-hydrogen) atoms. The van der Waals surface area contributed by atoms with Crippen molar-refractivity contribution >= 4 is 39.1 Å². The molecule has 0 unspecified atom stereocenters. The van der Waals surface area contributed by atoms with Crippen molar-refractivity contribution in [2.45, 2.75) is 13.3 Å². The Bertz CT molecular complexity index is 764. The van der Waals surface area contributed by atoms with Gasteiger partial charge in [0.15, 0.2) is 0 Å². The summed E-state index contributed by atoms with van der Waals surface area (Å²) in [7, 11) is 0. The summed E-state index contributed by atoms with van der Waals surface area (Å²) < 4.78 is 0.924. The van der Waals surface area contributed by atoms with Crippen molar-refractivity contribution < 1.29 is 9.59 Å². The van der Waals surface area contributed by atoms with E-state index in [1.165, 1.54) is 6.92 Å². The number of nitrogens with zero attached hydrogens (tertiary/aromatic N) is 2. The number of amides is 2. The SMILES string of the molecule is CC(=O)N(CCC(=O)Nc1ccc(C#N)cc1)c1ccc(Br)cc1. The summed E-state index contributed by atoms with van der Waals surface area (Å²) in [5, 5.41) is 11.5. The van der Waals surface area contributed by atoms with Gasteiger partial charge in [-0.15, -0.1) is 0 Å². The van der Waals surface area contributed by atoms with Gasteiger partial charge >= 0.3 is 0 Å². The lowest BCUT2D eigenvalue weighted by Gasteiger charge is -2.21. The Labute approximate surface area is 149 Å². The molecule has 2 amide bonds. The second-order valence-electron chi connectivity index (χ2n) is 5.13. The van der Waals surface area contributed by atoms with Gasteiger partial charge in [-0.2, -0.15) is 5.26 Å². The number of nitrogens with one attached hydrogen (secondary N) is 1. The Morgan fingerprint density at radius 2 is 1.75 bits per heavy atom. The lowest BCUT2D eigenvalue weighted by atomic mass is 10.2. The number of hydrogen-bond acceptors (Lipinski definition) is 3. The predicted molar refractivity (Wildman–Crippen MR) is 96.6 cm³/mol. The minimum Gasteiger partial charge on any atom is -0.326 e. The number of benzene rings is 2. The lowest BCUT2D eigenvalue weighted by Crippen LogP contribution is -2.31. The van der Waals surface area contributed by atoms with Crippen LogP contribution in [0.15, 0.2) is 53.0 Å². The van der Waals surface area contributed by atoms with Crippen LogP contribution in [0.25, 0.3) is 0 Å². The first-order chi connectivity index (χ1) is 11.5. The molecule has 6 heteroatoms. The number of carbonyl (C=O) groups is 2. The summed E-state index contributed by atoms with van der Waals surface area (Å²) in [4.78, 5) is 25.4. The third-order valence-electron chi connectivity index (χ3n) is 3.38. The first-order valence-electron chi connectivity index (χ1n) is 7.33. The molecule has 0 spiro atoms. The highest BCUT2D eigenvalue weighted by Crippen LogP contribution is 2.19. The molecule has 5 nitrogen and oxygen atoms in total. The van der Waals surface area contributed by atoms with E-state index in [2.05, 4.69) is 21.2 Å². The van der Waals surface area contributed by atoms with Gasteiger partial charge in [0.2, 0.25) is 11.8 Å². The molecule has 0 aliphatic carbocycles. The largest absolute Gasteiger partial charge is 0.326 e. The summed E-state index contributed by atoms with van der Waals surface area (Å²) in [6.07, 6.45) is 0.176. The zero-order valence-corrected chi connectivity index (χ0v) is 14.7. The first kappa shape index (κ1) is 17.7. The second-order valence-corrected chi connectivity index (χ2v) is 6.05. The average molecular weight is 386 g/mol. The molecular weight excluding hydrogens is 370 g/mol. The highest BCUT2D eigenvalue weighted by atomic mass is 79.9. The van der Waals surface area contributed by atoms with E-state index in [1.807, 2.05) is 30.3 Å². The molecular formula is C18H16BrN3O2. The summed E-state index contributed by atoms with van der Waals surface area (Å²) in [5.74, 6) is -0.313. The minimum atomic E-state index is -0.192. The van der Waals surface area contributed by atoms with E-state index in [1.54, 1.807) is 29.2 Å². The van der Waals surface area contributed by atoms with Gasteiger partial charge in [0, 0.05) is 35.7 Å². The first-order valence-corrected chi connectivity index (χ1v) is 8.12. The Kier molecular flexibility index (Phi) is 6.10. The standard InChI is InChI=1S/C18H16BrN3O2/c1-13(23)22(17-8-4-15(19)5-9-17)11-10-18(24)21-16-6-2-14(12-20)3-7-16/h2-9H,10-11H2,1H3,(H,21,24). The number of hydrogen-bond donors (Lipinski definition) is 1. The zero-order valence-electron chi connectivity index (χ0n) is 13.1. The van der Waals surface area contributed by atoms with Gasteiger partial charge in [0.05, 0.1) is 11.6 Å². The molecule has 2 aromatic carbocycles. The van der Waals surface area contributed by atoms with Gasteiger partial charge in [-0.1, -0.05) is 15.9 Å². The van der Waals surface area contributed by atoms with Gasteiger partial charge in [-0.3, -0.25) is 9.59 Å². The number of nitriles is 1. The van der Waals surface area contributed by atoms with E-state index < -0.39 is 0 Å². The fraction of sp³-hybridized carbons (Fsp3) is 0.167. The Balaban J connectivity index is 1.96. The third kappa shape index (κ3) is 4.93. The molecule has 0 aromatic heterocycles. The van der Waals surface area contributed by atoms with Crippen LogP contribution in [0.2, 0.25) is 0 Å². The van der Waals surface area contributed by atoms with Crippen molar-refractivity contribution in [1.82, 2.24) is 0 Å². The van der Waals surface area contributed by atoms with Gasteiger partial charge < -0.3 is 10.2 Å². The summed E-state index contributed by atoms with van der Waals surface area (Å²) in [6, 6.07) is 16.0. The van der Waals surface area contributed by atoms with Crippen molar-refractivity contribution in [3.63, 3.8) is 0 Å². The van der Waals surface area contributed by atoms with Crippen molar-refractivity contribution in [1.29, 1.82) is 5.26 Å². The van der Waals surface area contributed by atoms with Crippen LogP contribution in [0.3, 0.4) is 0 Å². The van der Waals surface area contributed by atoms with Crippen molar-refractivity contribution in [2.75, 3.05) is 16.8 Å². The van der Waals surface area contributed by atoms with Crippen molar-refractivity contribution in [3.05, 3.63) is 58.6 Å². The molecule has 2 aromatic rings. The third-order valence-corrected chi connectivity index (χ3v) is 3.91. The molecule has 0 aliphatic heterocycles. The molecule has 0 radical (unpaired) electrons. The molecule has 0 saturated carbocycles. The Hall–Kier alpha value is -2.65. The normalized spacial score (nSPS) is 9.88. The van der Waals surface area contributed by atoms with Crippen LogP contribution in [0, 0.1) is 11.3 Å². The highest BCUT2D eigenvalue weighted by molar-refractivity contribution is 9.10. The molecule has 0 aliphatic rings. The lowest BCUT2D eigenvalue weighted by molar-refractivity contribution is -0.117. The maximum absolute atomic E-state index is 12.1. The van der Waals surface area contributed by atoms with Gasteiger partial charge in [0.25, 0.3) is 0 Å². The fourth-order valence-corrected chi connectivity index (χ4v) is 2.42. The van der Waals surface area contributed by atoms with Crippen LogP contribution in [0.4, 0.5) is 11.4 Å². The molecule has 0 bridgehead atoms. The van der Waals surface area contributed by atoms with E-state index in [0.29, 0.717) is 17.8 Å². The highest BCUT2D eigenvalue weighted by Gasteiger charge is 2.13. The fourth-order valence-electron chi connectivity index (χ4n) is 2.15. The Morgan fingerprint density at radius 1 is 1.12 bits per heavy atom. The predicted octanol–water partition coefficient (Wildman–Crippen LogP) is 3.70. The number of halogens is 1. The van der Waals surface area contributed by atoms with E-state index in [4.69, 9.17) is 5.26 Å². The molecule has 0 saturated heterocycles. The summed E-state index contributed by atoms with van der Waals surface area (Å²) in [5.41, 5.74) is 1.90. The summed E-state index contributed by atoms with van der Waals surface area (Å²) in [6.45, 7) is 1.76. The molecule has 0 atom stereocenters. The number of anilines is 2. The number of carbonyl (C=O) groups excluding carboxylic acids is 2. The summed E-state index contributed by atoms with van der Waals surface area (Å²) >= 11 is 3.35. The Morgan fingerprint density at radius 3 is 2.29 bits per heavy atom.